The van der Waals surface area contributed by atoms with Gasteiger partial charge < -0.3 is 9.47 Å². The number of carbonyl (C=O) groups excluding carboxylic acids is 1. The lowest BCUT2D eigenvalue weighted by Crippen LogP contribution is -2.08. The van der Waals surface area contributed by atoms with E-state index in [0.717, 1.165) is 6.42 Å². The monoisotopic (exact) mass is 131 g/mol. The third-order valence-corrected chi connectivity index (χ3v) is 1.09. The highest BCUT2D eigenvalue weighted by Gasteiger charge is 1.97. The largest absolute Gasteiger partial charge is 0.457 e. The number of hydrogen-bond donors (Lipinski definition) is 0. The van der Waals surface area contributed by atoms with E-state index in [9.17, 15) is 4.79 Å². The molecular formula is C6H11O3. The van der Waals surface area contributed by atoms with E-state index in [2.05, 4.69) is 4.74 Å². The molecule has 0 N–H and O–H groups in total. The zero-order valence-corrected chi connectivity index (χ0v) is 5.72. The van der Waals surface area contributed by atoms with Gasteiger partial charge in [0.15, 0.2) is 0 Å². The van der Waals surface area contributed by atoms with Gasteiger partial charge in [-0.15, -0.1) is 0 Å². The fourth-order valence-electron chi connectivity index (χ4n) is 0.384. The Balaban J connectivity index is 2.96. The standard InChI is InChI=1S/C6H11O3/c1-6(8-2)3-4-9-5-7/h6H,3-4H2,1-2H3. The summed E-state index contributed by atoms with van der Waals surface area (Å²) >= 11 is 0. The summed E-state index contributed by atoms with van der Waals surface area (Å²) in [7, 11) is 1.62. The zero-order valence-electron chi connectivity index (χ0n) is 5.72. The van der Waals surface area contributed by atoms with E-state index in [1.165, 1.54) is 6.47 Å². The van der Waals surface area contributed by atoms with Gasteiger partial charge in [-0.1, -0.05) is 0 Å². The molecule has 0 fully saturated rings. The Hall–Kier alpha value is -0.570. The summed E-state index contributed by atoms with van der Waals surface area (Å²) in [5.74, 6) is 0. The van der Waals surface area contributed by atoms with E-state index in [4.69, 9.17) is 4.74 Å². The lowest BCUT2D eigenvalue weighted by atomic mass is 10.3. The van der Waals surface area contributed by atoms with Crippen molar-refractivity contribution in [3.05, 3.63) is 0 Å². The number of methoxy groups -OCH3 is 1. The molecule has 0 aliphatic carbocycles. The molecule has 1 unspecified atom stereocenters. The first-order valence-corrected chi connectivity index (χ1v) is 2.83. The Kier molecular flexibility index (Phi) is 5.21. The molecule has 0 bridgehead atoms. The van der Waals surface area contributed by atoms with Crippen molar-refractivity contribution in [2.45, 2.75) is 19.4 Å². The smallest absolute Gasteiger partial charge is 0.417 e. The molecule has 0 aliphatic rings. The van der Waals surface area contributed by atoms with Gasteiger partial charge in [0.1, 0.15) is 0 Å². The van der Waals surface area contributed by atoms with Crippen molar-refractivity contribution < 1.29 is 14.3 Å². The van der Waals surface area contributed by atoms with Gasteiger partial charge in [-0.25, -0.2) is 4.79 Å². The van der Waals surface area contributed by atoms with Crippen LogP contribution in [-0.4, -0.2) is 26.3 Å². The number of ether oxygens (including phenoxy) is 2. The second-order valence-electron chi connectivity index (χ2n) is 1.77. The van der Waals surface area contributed by atoms with Crippen LogP contribution in [0.1, 0.15) is 13.3 Å². The minimum atomic E-state index is 0.151. The molecule has 0 aromatic heterocycles. The fraction of sp³-hybridized carbons (Fsp3) is 0.833. The highest BCUT2D eigenvalue weighted by atomic mass is 16.5. The minimum absolute atomic E-state index is 0.151. The molecule has 0 aromatic rings. The number of rotatable bonds is 5. The summed E-state index contributed by atoms with van der Waals surface area (Å²) in [5.41, 5.74) is 0. The van der Waals surface area contributed by atoms with Crippen molar-refractivity contribution in [3.8, 4) is 0 Å². The van der Waals surface area contributed by atoms with E-state index < -0.39 is 0 Å². The lowest BCUT2D eigenvalue weighted by molar-refractivity contribution is 0.0929. The van der Waals surface area contributed by atoms with Crippen molar-refractivity contribution in [2.24, 2.45) is 0 Å². The van der Waals surface area contributed by atoms with Crippen LogP contribution >= 0.6 is 0 Å². The van der Waals surface area contributed by atoms with E-state index in [-0.39, 0.29) is 6.10 Å². The predicted octanol–water partition coefficient (Wildman–Crippen LogP) is 0.495. The zero-order chi connectivity index (χ0) is 7.11. The maximum Gasteiger partial charge on any atom is 0.417 e. The molecule has 0 aliphatic heterocycles. The first-order valence-electron chi connectivity index (χ1n) is 2.83. The normalized spacial score (nSPS) is 12.7. The van der Waals surface area contributed by atoms with Gasteiger partial charge in [0.05, 0.1) is 12.7 Å². The third-order valence-electron chi connectivity index (χ3n) is 1.09. The van der Waals surface area contributed by atoms with Crippen LogP contribution < -0.4 is 0 Å². The maximum absolute atomic E-state index is 9.49. The summed E-state index contributed by atoms with van der Waals surface area (Å²) in [6.45, 7) is 3.64. The Morgan fingerprint density at radius 1 is 1.67 bits per heavy atom. The van der Waals surface area contributed by atoms with Crippen molar-refractivity contribution in [2.75, 3.05) is 13.7 Å². The molecule has 53 valence electrons. The van der Waals surface area contributed by atoms with Crippen molar-refractivity contribution in [3.63, 3.8) is 0 Å². The van der Waals surface area contributed by atoms with Crippen molar-refractivity contribution in [1.29, 1.82) is 0 Å². The minimum Gasteiger partial charge on any atom is -0.457 e. The Morgan fingerprint density at radius 2 is 2.33 bits per heavy atom. The Labute approximate surface area is 55.0 Å². The second-order valence-corrected chi connectivity index (χ2v) is 1.77. The molecule has 3 heteroatoms. The van der Waals surface area contributed by atoms with Crippen LogP contribution in [-0.2, 0) is 14.3 Å². The van der Waals surface area contributed by atoms with Crippen LogP contribution in [0.4, 0.5) is 0 Å². The average molecular weight is 131 g/mol. The first-order chi connectivity index (χ1) is 4.31. The molecule has 1 radical (unpaired) electrons. The average Bonchev–Trinajstić information content (AvgIpc) is 1.89. The Morgan fingerprint density at radius 3 is 2.78 bits per heavy atom. The van der Waals surface area contributed by atoms with Crippen LogP contribution in [0.15, 0.2) is 0 Å². The van der Waals surface area contributed by atoms with Crippen molar-refractivity contribution >= 4 is 6.47 Å². The van der Waals surface area contributed by atoms with E-state index in [0.29, 0.717) is 6.61 Å². The molecule has 9 heavy (non-hydrogen) atoms. The molecule has 0 rings (SSSR count). The summed E-state index contributed by atoms with van der Waals surface area (Å²) in [6.07, 6.45) is 0.879. The van der Waals surface area contributed by atoms with E-state index in [1.54, 1.807) is 7.11 Å². The molecular weight excluding hydrogens is 120 g/mol. The van der Waals surface area contributed by atoms with Gasteiger partial charge >= 0.3 is 6.47 Å². The molecule has 0 spiro atoms. The third kappa shape index (κ3) is 5.30. The molecule has 0 aromatic carbocycles. The molecule has 0 amide bonds. The quantitative estimate of drug-likeness (QED) is 0.509. The molecule has 3 nitrogen and oxygen atoms in total. The van der Waals surface area contributed by atoms with Gasteiger partial charge in [-0.05, 0) is 6.92 Å². The topological polar surface area (TPSA) is 35.5 Å². The van der Waals surface area contributed by atoms with Gasteiger partial charge in [-0.2, -0.15) is 0 Å². The van der Waals surface area contributed by atoms with Crippen LogP contribution in [0, 0.1) is 0 Å². The summed E-state index contributed by atoms with van der Waals surface area (Å²) < 4.78 is 9.21. The van der Waals surface area contributed by atoms with Gasteiger partial charge in [0.2, 0.25) is 0 Å². The van der Waals surface area contributed by atoms with Crippen LogP contribution in [0.25, 0.3) is 0 Å². The van der Waals surface area contributed by atoms with Crippen LogP contribution in [0.3, 0.4) is 0 Å². The Bertz CT molecular complexity index is 72.7. The first kappa shape index (κ1) is 8.43. The fourth-order valence-corrected chi connectivity index (χ4v) is 0.384. The van der Waals surface area contributed by atoms with Gasteiger partial charge in [0.25, 0.3) is 0 Å². The van der Waals surface area contributed by atoms with Crippen LogP contribution in [0.2, 0.25) is 0 Å². The molecule has 1 atom stereocenters. The summed E-state index contributed by atoms with van der Waals surface area (Å²) in [4.78, 5) is 9.49. The molecule has 0 saturated carbocycles. The number of hydrogen-bond acceptors (Lipinski definition) is 3. The SMILES string of the molecule is COC(C)CCO[C]=O. The lowest BCUT2D eigenvalue weighted by Gasteiger charge is -2.05. The predicted molar refractivity (Wildman–Crippen MR) is 32.7 cm³/mol. The van der Waals surface area contributed by atoms with E-state index in [1.807, 2.05) is 6.92 Å². The molecule has 0 saturated heterocycles. The summed E-state index contributed by atoms with van der Waals surface area (Å²) in [5, 5.41) is 0. The highest BCUT2D eigenvalue weighted by Crippen LogP contribution is 1.93. The van der Waals surface area contributed by atoms with Gasteiger partial charge in [0, 0.05) is 13.5 Å². The molecule has 0 heterocycles. The van der Waals surface area contributed by atoms with E-state index >= 15 is 0 Å². The maximum atomic E-state index is 9.49. The van der Waals surface area contributed by atoms with Crippen LogP contribution in [0.5, 0.6) is 0 Å². The highest BCUT2D eigenvalue weighted by molar-refractivity contribution is 5.37. The van der Waals surface area contributed by atoms with Gasteiger partial charge in [-0.3, -0.25) is 0 Å². The summed E-state index contributed by atoms with van der Waals surface area (Å²) in [6, 6.07) is 0. The van der Waals surface area contributed by atoms with Crippen molar-refractivity contribution in [1.82, 2.24) is 0 Å². The second kappa shape index (κ2) is 5.56.